The second-order valence-corrected chi connectivity index (χ2v) is 6.17. The van der Waals surface area contributed by atoms with Crippen molar-refractivity contribution in [3.63, 3.8) is 0 Å². The molecule has 0 unspecified atom stereocenters. The molecule has 1 aliphatic rings. The summed E-state index contributed by atoms with van der Waals surface area (Å²) in [6.07, 6.45) is 2.45. The molecular weight excluding hydrogens is 238 g/mol. The van der Waals surface area contributed by atoms with E-state index >= 15 is 0 Å². The van der Waals surface area contributed by atoms with Crippen LogP contribution in [0.25, 0.3) is 0 Å². The molecule has 4 nitrogen and oxygen atoms in total. The highest BCUT2D eigenvalue weighted by atomic mass is 16.2. The van der Waals surface area contributed by atoms with E-state index in [1.54, 1.807) is 0 Å². The van der Waals surface area contributed by atoms with E-state index in [0.717, 1.165) is 30.2 Å². The van der Waals surface area contributed by atoms with Crippen LogP contribution in [0.1, 0.15) is 33.6 Å². The maximum atomic E-state index is 11.9. The van der Waals surface area contributed by atoms with E-state index in [1.165, 1.54) is 12.8 Å². The second-order valence-electron chi connectivity index (χ2n) is 6.17. The van der Waals surface area contributed by atoms with Crippen molar-refractivity contribution in [2.75, 3.05) is 29.0 Å². The molecule has 0 atom stereocenters. The van der Waals surface area contributed by atoms with Gasteiger partial charge in [0.1, 0.15) is 0 Å². The fourth-order valence-corrected chi connectivity index (χ4v) is 2.20. The Labute approximate surface area is 115 Å². The molecule has 0 saturated carbocycles. The number of carbonyl (C=O) groups excluding carboxylic acids is 1. The molecule has 1 fully saturated rings. The summed E-state index contributed by atoms with van der Waals surface area (Å²) in [7, 11) is 0. The van der Waals surface area contributed by atoms with Gasteiger partial charge in [0.15, 0.2) is 0 Å². The lowest BCUT2D eigenvalue weighted by Crippen LogP contribution is -2.27. The Hall–Kier alpha value is -1.71. The van der Waals surface area contributed by atoms with E-state index in [1.807, 2.05) is 39.0 Å². The average Bonchev–Trinajstić information content (AvgIpc) is 2.81. The summed E-state index contributed by atoms with van der Waals surface area (Å²) >= 11 is 0. The molecule has 4 heteroatoms. The van der Waals surface area contributed by atoms with Crippen molar-refractivity contribution in [1.29, 1.82) is 0 Å². The zero-order valence-corrected chi connectivity index (χ0v) is 12.0. The van der Waals surface area contributed by atoms with Crippen molar-refractivity contribution in [3.8, 4) is 0 Å². The van der Waals surface area contributed by atoms with E-state index in [9.17, 15) is 4.79 Å². The quantitative estimate of drug-likeness (QED) is 0.805. The Balaban J connectivity index is 2.12. The first-order valence-corrected chi connectivity index (χ1v) is 6.84. The van der Waals surface area contributed by atoms with Crippen molar-refractivity contribution >= 4 is 23.0 Å². The van der Waals surface area contributed by atoms with E-state index in [0.29, 0.717) is 0 Å². The number of nitrogens with zero attached hydrogens (tertiary/aromatic N) is 1. The summed E-state index contributed by atoms with van der Waals surface area (Å²) in [6, 6.07) is 5.77. The van der Waals surface area contributed by atoms with Gasteiger partial charge >= 0.3 is 0 Å². The molecule has 0 bridgehead atoms. The van der Waals surface area contributed by atoms with Crippen molar-refractivity contribution in [1.82, 2.24) is 0 Å². The number of hydrogen-bond donors (Lipinski definition) is 2. The van der Waals surface area contributed by atoms with Crippen LogP contribution in [0.2, 0.25) is 0 Å². The third-order valence-corrected chi connectivity index (χ3v) is 3.41. The lowest BCUT2D eigenvalue weighted by atomic mass is 9.95. The summed E-state index contributed by atoms with van der Waals surface area (Å²) in [5.41, 5.74) is 8.26. The fourth-order valence-electron chi connectivity index (χ4n) is 2.20. The third-order valence-electron chi connectivity index (χ3n) is 3.41. The Morgan fingerprint density at radius 3 is 2.42 bits per heavy atom. The normalized spacial score (nSPS) is 15.6. The number of nitrogens with one attached hydrogen (secondary N) is 1. The topological polar surface area (TPSA) is 58.4 Å². The fraction of sp³-hybridized carbons (Fsp3) is 0.533. The van der Waals surface area contributed by atoms with E-state index in [4.69, 9.17) is 5.73 Å². The molecule has 1 aliphatic heterocycles. The summed E-state index contributed by atoms with van der Waals surface area (Å²) in [5.74, 6) is 0.000762. The largest absolute Gasteiger partial charge is 0.397 e. The van der Waals surface area contributed by atoms with Gasteiger partial charge in [-0.05, 0) is 31.0 Å². The average molecular weight is 261 g/mol. The first-order valence-electron chi connectivity index (χ1n) is 6.84. The highest BCUT2D eigenvalue weighted by molar-refractivity contribution is 5.95. The van der Waals surface area contributed by atoms with Gasteiger partial charge in [-0.2, -0.15) is 0 Å². The SMILES string of the molecule is CC(C)(C)C(=O)Nc1ccc(N2CCCC2)c(N)c1. The van der Waals surface area contributed by atoms with Crippen LogP contribution < -0.4 is 16.0 Å². The molecule has 0 spiro atoms. The summed E-state index contributed by atoms with van der Waals surface area (Å²) in [4.78, 5) is 14.2. The van der Waals surface area contributed by atoms with Gasteiger partial charge < -0.3 is 16.0 Å². The van der Waals surface area contributed by atoms with Crippen LogP contribution in [0.4, 0.5) is 17.1 Å². The van der Waals surface area contributed by atoms with Gasteiger partial charge in [-0.25, -0.2) is 0 Å². The Kier molecular flexibility index (Phi) is 3.69. The number of amides is 1. The van der Waals surface area contributed by atoms with Crippen molar-refractivity contribution in [2.24, 2.45) is 5.41 Å². The van der Waals surface area contributed by atoms with Crippen LogP contribution >= 0.6 is 0 Å². The summed E-state index contributed by atoms with van der Waals surface area (Å²) in [6.45, 7) is 7.81. The zero-order chi connectivity index (χ0) is 14.0. The third kappa shape index (κ3) is 3.19. The van der Waals surface area contributed by atoms with Crippen molar-refractivity contribution in [2.45, 2.75) is 33.6 Å². The minimum Gasteiger partial charge on any atom is -0.397 e. The first-order chi connectivity index (χ1) is 8.88. The number of hydrogen-bond acceptors (Lipinski definition) is 3. The lowest BCUT2D eigenvalue weighted by molar-refractivity contribution is -0.123. The molecule has 3 N–H and O–H groups in total. The van der Waals surface area contributed by atoms with Crippen molar-refractivity contribution < 1.29 is 4.79 Å². The van der Waals surface area contributed by atoms with Crippen LogP contribution in [0.3, 0.4) is 0 Å². The minimum absolute atomic E-state index is 0.000762. The van der Waals surface area contributed by atoms with Gasteiger partial charge in [-0.15, -0.1) is 0 Å². The highest BCUT2D eigenvalue weighted by Crippen LogP contribution is 2.29. The van der Waals surface area contributed by atoms with Crippen LogP contribution in [0.5, 0.6) is 0 Å². The summed E-state index contributed by atoms with van der Waals surface area (Å²) < 4.78 is 0. The zero-order valence-electron chi connectivity index (χ0n) is 12.0. The van der Waals surface area contributed by atoms with Gasteiger partial charge in [0, 0.05) is 24.2 Å². The lowest BCUT2D eigenvalue weighted by Gasteiger charge is -2.21. The maximum absolute atomic E-state index is 11.9. The van der Waals surface area contributed by atoms with Crippen molar-refractivity contribution in [3.05, 3.63) is 18.2 Å². The van der Waals surface area contributed by atoms with E-state index in [2.05, 4.69) is 10.2 Å². The molecule has 0 aliphatic carbocycles. The second kappa shape index (κ2) is 5.11. The van der Waals surface area contributed by atoms with Crippen LogP contribution in [0.15, 0.2) is 18.2 Å². The Morgan fingerprint density at radius 1 is 1.26 bits per heavy atom. The van der Waals surface area contributed by atoms with E-state index in [-0.39, 0.29) is 5.91 Å². The smallest absolute Gasteiger partial charge is 0.229 e. The van der Waals surface area contributed by atoms with Gasteiger partial charge in [-0.1, -0.05) is 20.8 Å². The Morgan fingerprint density at radius 2 is 1.89 bits per heavy atom. The predicted molar refractivity (Wildman–Crippen MR) is 80.4 cm³/mol. The standard InChI is InChI=1S/C15H23N3O/c1-15(2,3)14(19)17-11-6-7-13(12(16)10-11)18-8-4-5-9-18/h6-7,10H,4-5,8-9,16H2,1-3H3,(H,17,19). The van der Waals surface area contributed by atoms with Crippen LogP contribution in [0, 0.1) is 5.41 Å². The van der Waals surface area contributed by atoms with Crippen LogP contribution in [-0.4, -0.2) is 19.0 Å². The maximum Gasteiger partial charge on any atom is 0.229 e. The predicted octanol–water partition coefficient (Wildman–Crippen LogP) is 2.85. The molecule has 1 heterocycles. The number of nitrogens with two attached hydrogens (primary N) is 1. The molecule has 1 aromatic rings. The molecule has 1 aromatic carbocycles. The minimum atomic E-state index is -0.400. The number of rotatable bonds is 2. The van der Waals surface area contributed by atoms with E-state index < -0.39 is 5.41 Å². The number of nitrogen functional groups attached to an aromatic ring is 1. The number of benzene rings is 1. The Bertz CT molecular complexity index is 471. The molecule has 19 heavy (non-hydrogen) atoms. The number of carbonyl (C=O) groups is 1. The monoisotopic (exact) mass is 261 g/mol. The molecular formula is C15H23N3O. The van der Waals surface area contributed by atoms with Gasteiger partial charge in [0.2, 0.25) is 5.91 Å². The summed E-state index contributed by atoms with van der Waals surface area (Å²) in [5, 5.41) is 2.90. The molecule has 0 radical (unpaired) electrons. The molecule has 104 valence electrons. The van der Waals surface area contributed by atoms with Gasteiger partial charge in [0.05, 0.1) is 11.4 Å². The molecule has 1 amide bonds. The van der Waals surface area contributed by atoms with Gasteiger partial charge in [0.25, 0.3) is 0 Å². The first kappa shape index (κ1) is 13.7. The highest BCUT2D eigenvalue weighted by Gasteiger charge is 2.21. The van der Waals surface area contributed by atoms with Gasteiger partial charge in [-0.3, -0.25) is 4.79 Å². The molecule has 0 aromatic heterocycles. The number of anilines is 3. The molecule has 2 rings (SSSR count). The van der Waals surface area contributed by atoms with Crippen LogP contribution in [-0.2, 0) is 4.79 Å². The molecule has 1 saturated heterocycles.